The van der Waals surface area contributed by atoms with Crippen LogP contribution >= 0.6 is 0 Å². The lowest BCUT2D eigenvalue weighted by molar-refractivity contribution is -0.143. The Balaban J connectivity index is 4.37. The van der Waals surface area contributed by atoms with Crippen molar-refractivity contribution in [3.05, 3.63) is 0 Å². The molecule has 0 aromatic rings. The molecule has 0 saturated carbocycles. The van der Waals surface area contributed by atoms with E-state index in [1.807, 2.05) is 6.92 Å². The van der Waals surface area contributed by atoms with E-state index in [1.165, 1.54) is 0 Å². The Morgan fingerprint density at radius 2 is 1.74 bits per heavy atom. The lowest BCUT2D eigenvalue weighted by atomic mass is 9.90. The van der Waals surface area contributed by atoms with Crippen LogP contribution in [0.2, 0.25) is 25.2 Å². The molecular weight excluding hydrogens is 312 g/mol. The molecule has 1 amide bonds. The fourth-order valence-electron chi connectivity index (χ4n) is 2.33. The van der Waals surface area contributed by atoms with Crippen LogP contribution < -0.4 is 11.1 Å². The summed E-state index contributed by atoms with van der Waals surface area (Å²) in [4.78, 5) is 23.2. The molecule has 4 N–H and O–H groups in total. The molecule has 2 atom stereocenters. The zero-order valence-electron chi connectivity index (χ0n) is 15.7. The van der Waals surface area contributed by atoms with Gasteiger partial charge in [-0.1, -0.05) is 26.6 Å². The number of unbranched alkanes of at least 4 members (excludes halogenated alkanes) is 1. The van der Waals surface area contributed by atoms with E-state index in [2.05, 4.69) is 25.0 Å². The SMILES string of the molecule is CC([C@](N)(CCCCNC(=O)OC(C)(C)C)C(=O)O)[Si](C)(C)C. The molecule has 0 aliphatic rings. The molecule has 0 bridgehead atoms. The average Bonchev–Trinajstić information content (AvgIpc) is 2.33. The fraction of sp³-hybridized carbons (Fsp3) is 0.875. The molecule has 1 unspecified atom stereocenters. The largest absolute Gasteiger partial charge is 0.480 e. The quantitative estimate of drug-likeness (QED) is 0.463. The van der Waals surface area contributed by atoms with E-state index >= 15 is 0 Å². The van der Waals surface area contributed by atoms with Gasteiger partial charge in [-0.2, -0.15) is 0 Å². The third-order valence-electron chi connectivity index (χ3n) is 4.16. The molecule has 0 rings (SSSR count). The second-order valence-electron chi connectivity index (χ2n) is 8.32. The molecule has 0 fully saturated rings. The van der Waals surface area contributed by atoms with Gasteiger partial charge < -0.3 is 20.9 Å². The third kappa shape index (κ3) is 7.83. The minimum absolute atomic E-state index is 0.0358. The van der Waals surface area contributed by atoms with Gasteiger partial charge in [0, 0.05) is 14.6 Å². The van der Waals surface area contributed by atoms with Crippen molar-refractivity contribution in [3.63, 3.8) is 0 Å². The van der Waals surface area contributed by atoms with Gasteiger partial charge in [0.15, 0.2) is 0 Å². The number of hydrogen-bond acceptors (Lipinski definition) is 4. The molecule has 0 aliphatic heterocycles. The van der Waals surface area contributed by atoms with Crippen LogP contribution in [-0.4, -0.2) is 42.9 Å². The first kappa shape index (κ1) is 21.9. The molecule has 0 aliphatic carbocycles. The first-order chi connectivity index (χ1) is 10.2. The maximum atomic E-state index is 11.6. The summed E-state index contributed by atoms with van der Waals surface area (Å²) >= 11 is 0. The van der Waals surface area contributed by atoms with Crippen molar-refractivity contribution in [1.82, 2.24) is 5.32 Å². The van der Waals surface area contributed by atoms with Gasteiger partial charge in [-0.05, 0) is 45.6 Å². The topological polar surface area (TPSA) is 102 Å². The van der Waals surface area contributed by atoms with Crippen LogP contribution in [-0.2, 0) is 9.53 Å². The zero-order valence-corrected chi connectivity index (χ0v) is 16.7. The summed E-state index contributed by atoms with van der Waals surface area (Å²) in [5.41, 5.74) is 4.46. The van der Waals surface area contributed by atoms with Gasteiger partial charge in [0.1, 0.15) is 11.1 Å². The summed E-state index contributed by atoms with van der Waals surface area (Å²) in [6.45, 7) is 14.2. The first-order valence-electron chi connectivity index (χ1n) is 8.19. The number of nitrogens with one attached hydrogen (secondary N) is 1. The fourth-order valence-corrected chi connectivity index (χ4v) is 4.14. The molecule has 0 saturated heterocycles. The number of nitrogens with two attached hydrogens (primary N) is 1. The van der Waals surface area contributed by atoms with Crippen LogP contribution in [0.5, 0.6) is 0 Å². The molecule has 23 heavy (non-hydrogen) atoms. The number of carboxylic acid groups (broad SMARTS) is 1. The summed E-state index contributed by atoms with van der Waals surface area (Å²) in [5, 5.41) is 12.2. The predicted molar refractivity (Wildman–Crippen MR) is 95.4 cm³/mol. The molecule has 7 heteroatoms. The lowest BCUT2D eigenvalue weighted by Gasteiger charge is -2.38. The maximum Gasteiger partial charge on any atom is 0.407 e. The Hall–Kier alpha value is -1.08. The summed E-state index contributed by atoms with van der Waals surface area (Å²) in [7, 11) is -1.67. The molecule has 136 valence electrons. The summed E-state index contributed by atoms with van der Waals surface area (Å²) in [6, 6.07) is 0. The van der Waals surface area contributed by atoms with Gasteiger partial charge in [-0.3, -0.25) is 4.79 Å². The van der Waals surface area contributed by atoms with E-state index in [9.17, 15) is 14.7 Å². The number of aliphatic carboxylic acids is 1. The molecule has 0 heterocycles. The molecule has 0 aromatic heterocycles. The van der Waals surface area contributed by atoms with Crippen molar-refractivity contribution in [3.8, 4) is 0 Å². The number of amides is 1. The van der Waals surface area contributed by atoms with Crippen molar-refractivity contribution in [2.24, 2.45) is 5.73 Å². The number of hydrogen-bond donors (Lipinski definition) is 3. The molecule has 0 spiro atoms. The summed E-state index contributed by atoms with van der Waals surface area (Å²) in [5.74, 6) is -0.937. The van der Waals surface area contributed by atoms with Crippen LogP contribution in [0.15, 0.2) is 0 Å². The minimum atomic E-state index is -1.67. The minimum Gasteiger partial charge on any atom is -0.480 e. The van der Waals surface area contributed by atoms with Crippen molar-refractivity contribution in [1.29, 1.82) is 0 Å². The van der Waals surface area contributed by atoms with Crippen molar-refractivity contribution >= 4 is 20.1 Å². The van der Waals surface area contributed by atoms with E-state index in [0.717, 1.165) is 0 Å². The van der Waals surface area contributed by atoms with Gasteiger partial charge in [-0.25, -0.2) is 4.79 Å². The van der Waals surface area contributed by atoms with E-state index in [0.29, 0.717) is 25.8 Å². The van der Waals surface area contributed by atoms with Crippen molar-refractivity contribution in [2.75, 3.05) is 6.54 Å². The van der Waals surface area contributed by atoms with Gasteiger partial charge in [0.2, 0.25) is 0 Å². The van der Waals surface area contributed by atoms with Crippen LogP contribution in [0.4, 0.5) is 4.79 Å². The highest BCUT2D eigenvalue weighted by Crippen LogP contribution is 2.34. The Bertz CT molecular complexity index is 415. The first-order valence-corrected chi connectivity index (χ1v) is 11.8. The van der Waals surface area contributed by atoms with Crippen LogP contribution in [0.25, 0.3) is 0 Å². The van der Waals surface area contributed by atoms with Gasteiger partial charge in [0.05, 0.1) is 0 Å². The molecule has 0 aromatic carbocycles. The van der Waals surface area contributed by atoms with Gasteiger partial charge >= 0.3 is 12.1 Å². The second kappa shape index (κ2) is 8.15. The number of carbonyl (C=O) groups is 2. The Morgan fingerprint density at radius 3 is 2.13 bits per heavy atom. The normalized spacial score (nSPS) is 16.3. The maximum absolute atomic E-state index is 11.6. The lowest BCUT2D eigenvalue weighted by Crippen LogP contribution is -2.56. The third-order valence-corrected chi connectivity index (χ3v) is 7.27. The molecule has 0 radical (unpaired) electrons. The zero-order chi connectivity index (χ0) is 18.5. The highest BCUT2D eigenvalue weighted by atomic mass is 28.3. The molecule has 6 nitrogen and oxygen atoms in total. The second-order valence-corrected chi connectivity index (χ2v) is 13.9. The smallest absolute Gasteiger partial charge is 0.407 e. The molecular formula is C16H34N2O4Si. The number of rotatable bonds is 8. The van der Waals surface area contributed by atoms with Crippen LogP contribution in [0.3, 0.4) is 0 Å². The van der Waals surface area contributed by atoms with Gasteiger partial charge in [0.25, 0.3) is 0 Å². The van der Waals surface area contributed by atoms with E-state index in [-0.39, 0.29) is 5.54 Å². The number of alkyl carbamates (subject to hydrolysis) is 1. The summed E-state index contributed by atoms with van der Waals surface area (Å²) < 4.78 is 5.14. The van der Waals surface area contributed by atoms with E-state index in [4.69, 9.17) is 10.5 Å². The monoisotopic (exact) mass is 346 g/mol. The standard InChI is InChI=1S/C16H34N2O4Si/c1-12(23(5,6)7)16(17,13(19)20)10-8-9-11-18-14(21)22-15(2,3)4/h12H,8-11,17H2,1-7H3,(H,18,21)(H,19,20)/t12?,16-/m1/s1. The van der Waals surface area contributed by atoms with Crippen LogP contribution in [0, 0.1) is 0 Å². The Kier molecular flexibility index (Phi) is 7.76. The Labute approximate surface area is 141 Å². The van der Waals surface area contributed by atoms with Crippen molar-refractivity contribution in [2.45, 2.75) is 83.3 Å². The van der Waals surface area contributed by atoms with Gasteiger partial charge in [-0.15, -0.1) is 0 Å². The van der Waals surface area contributed by atoms with Crippen molar-refractivity contribution < 1.29 is 19.4 Å². The highest BCUT2D eigenvalue weighted by molar-refractivity contribution is 6.78. The van der Waals surface area contributed by atoms with E-state index in [1.54, 1.807) is 20.8 Å². The predicted octanol–water partition coefficient (Wildman–Crippen LogP) is 3.19. The van der Waals surface area contributed by atoms with Crippen LogP contribution in [0.1, 0.15) is 47.0 Å². The number of carboxylic acids is 1. The highest BCUT2D eigenvalue weighted by Gasteiger charge is 2.45. The number of ether oxygens (including phenoxy) is 1. The Morgan fingerprint density at radius 1 is 1.22 bits per heavy atom. The van der Waals surface area contributed by atoms with E-state index < -0.39 is 31.3 Å². The number of carbonyl (C=O) groups excluding carboxylic acids is 1. The summed E-state index contributed by atoms with van der Waals surface area (Å²) in [6.07, 6.45) is 1.27. The average molecular weight is 347 g/mol.